The lowest BCUT2D eigenvalue weighted by atomic mass is 9.73. The van der Waals surface area contributed by atoms with Gasteiger partial charge in [0.15, 0.2) is 5.82 Å². The van der Waals surface area contributed by atoms with Crippen LogP contribution < -0.4 is 4.90 Å². The second-order valence-electron chi connectivity index (χ2n) is 9.64. The zero-order chi connectivity index (χ0) is 21.7. The van der Waals surface area contributed by atoms with E-state index >= 15 is 0 Å². The molecule has 3 heterocycles. The SMILES string of the molecule is Cc1ccc(C2(c3ccc(N4CCc5cnc(C(O)C6CC6)nc5C4)cc3)COC2)cc1. The molecule has 3 aromatic rings. The highest BCUT2D eigenvalue weighted by Crippen LogP contribution is 2.41. The fraction of sp³-hybridized carbons (Fsp3) is 0.407. The van der Waals surface area contributed by atoms with Gasteiger partial charge in [0, 0.05) is 18.4 Å². The monoisotopic (exact) mass is 427 g/mol. The van der Waals surface area contributed by atoms with Crippen molar-refractivity contribution in [3.05, 3.63) is 88.5 Å². The van der Waals surface area contributed by atoms with E-state index in [-0.39, 0.29) is 5.41 Å². The van der Waals surface area contributed by atoms with Gasteiger partial charge >= 0.3 is 0 Å². The number of hydrogen-bond donors (Lipinski definition) is 1. The van der Waals surface area contributed by atoms with Gasteiger partial charge in [-0.1, -0.05) is 42.0 Å². The summed E-state index contributed by atoms with van der Waals surface area (Å²) in [6.07, 6.45) is 4.49. The fourth-order valence-electron chi connectivity index (χ4n) is 4.97. The number of benzene rings is 2. The number of aromatic nitrogens is 2. The maximum absolute atomic E-state index is 10.4. The molecule has 1 saturated carbocycles. The third-order valence-corrected chi connectivity index (χ3v) is 7.38. The molecule has 1 N–H and O–H groups in total. The molecule has 3 aliphatic rings. The molecule has 5 heteroatoms. The largest absolute Gasteiger partial charge is 0.385 e. The summed E-state index contributed by atoms with van der Waals surface area (Å²) in [5, 5.41) is 10.4. The van der Waals surface area contributed by atoms with Crippen LogP contribution in [0.1, 0.15) is 52.7 Å². The number of aliphatic hydroxyl groups is 1. The maximum atomic E-state index is 10.4. The van der Waals surface area contributed by atoms with E-state index in [1.54, 1.807) is 0 Å². The Kier molecular flexibility index (Phi) is 4.77. The molecule has 0 amide bonds. The predicted octanol–water partition coefficient (Wildman–Crippen LogP) is 4.11. The molecule has 5 nitrogen and oxygen atoms in total. The molecule has 32 heavy (non-hydrogen) atoms. The van der Waals surface area contributed by atoms with Gasteiger partial charge in [-0.15, -0.1) is 0 Å². The zero-order valence-electron chi connectivity index (χ0n) is 18.5. The van der Waals surface area contributed by atoms with Gasteiger partial charge in [0.2, 0.25) is 0 Å². The minimum Gasteiger partial charge on any atom is -0.385 e. The van der Waals surface area contributed by atoms with Gasteiger partial charge in [0.05, 0.1) is 30.9 Å². The maximum Gasteiger partial charge on any atom is 0.157 e. The normalized spacial score (nSPS) is 20.4. The highest BCUT2D eigenvalue weighted by molar-refractivity contribution is 5.53. The van der Waals surface area contributed by atoms with Crippen molar-refractivity contribution in [2.75, 3.05) is 24.7 Å². The van der Waals surface area contributed by atoms with E-state index in [1.165, 1.54) is 27.9 Å². The zero-order valence-corrected chi connectivity index (χ0v) is 18.5. The molecule has 0 spiro atoms. The predicted molar refractivity (Wildman–Crippen MR) is 124 cm³/mol. The van der Waals surface area contributed by atoms with Crippen LogP contribution in [0.3, 0.4) is 0 Å². The molecule has 1 unspecified atom stereocenters. The summed E-state index contributed by atoms with van der Waals surface area (Å²) in [6.45, 7) is 5.30. The second-order valence-corrected chi connectivity index (χ2v) is 9.64. The number of ether oxygens (including phenoxy) is 1. The van der Waals surface area contributed by atoms with Crippen molar-refractivity contribution in [1.82, 2.24) is 9.97 Å². The summed E-state index contributed by atoms with van der Waals surface area (Å²) in [4.78, 5) is 11.6. The Bertz CT molecular complexity index is 1120. The highest BCUT2D eigenvalue weighted by Gasteiger charge is 2.42. The Balaban J connectivity index is 1.23. The molecule has 0 bridgehead atoms. The van der Waals surface area contributed by atoms with Gasteiger partial charge < -0.3 is 14.7 Å². The number of anilines is 1. The summed E-state index contributed by atoms with van der Waals surface area (Å²) in [7, 11) is 0. The lowest BCUT2D eigenvalue weighted by Gasteiger charge is -2.43. The Morgan fingerprint density at radius 3 is 2.34 bits per heavy atom. The van der Waals surface area contributed by atoms with Crippen LogP contribution in [0, 0.1) is 12.8 Å². The molecule has 1 atom stereocenters. The first-order valence-electron chi connectivity index (χ1n) is 11.7. The third-order valence-electron chi connectivity index (χ3n) is 7.38. The summed E-state index contributed by atoms with van der Waals surface area (Å²) in [5.41, 5.74) is 7.34. The van der Waals surface area contributed by atoms with Crippen molar-refractivity contribution in [3.63, 3.8) is 0 Å². The fourth-order valence-corrected chi connectivity index (χ4v) is 4.97. The minimum atomic E-state index is -0.516. The van der Waals surface area contributed by atoms with Gasteiger partial charge in [0.1, 0.15) is 6.10 Å². The summed E-state index contributed by atoms with van der Waals surface area (Å²) < 4.78 is 5.67. The molecule has 6 rings (SSSR count). The number of aryl methyl sites for hydroxylation is 1. The van der Waals surface area contributed by atoms with Crippen molar-refractivity contribution in [2.45, 2.75) is 44.2 Å². The van der Waals surface area contributed by atoms with Crippen molar-refractivity contribution in [3.8, 4) is 0 Å². The molecule has 164 valence electrons. The van der Waals surface area contributed by atoms with Gasteiger partial charge in [-0.25, -0.2) is 9.97 Å². The van der Waals surface area contributed by atoms with Crippen molar-refractivity contribution < 1.29 is 9.84 Å². The molecule has 2 fully saturated rings. The Morgan fingerprint density at radius 2 is 1.72 bits per heavy atom. The van der Waals surface area contributed by atoms with Crippen LogP contribution in [0.25, 0.3) is 0 Å². The summed E-state index contributed by atoms with van der Waals surface area (Å²) in [5.74, 6) is 0.935. The standard InChI is InChI=1S/C27H29N3O2/c1-18-2-6-21(7-3-18)27(16-32-17-27)22-8-10-23(11-9-22)30-13-12-20-14-28-26(29-24(20)15-30)25(31)19-4-5-19/h2-3,6-11,14,19,25,31H,4-5,12-13,15-17H2,1H3. The van der Waals surface area contributed by atoms with Crippen molar-refractivity contribution in [1.29, 1.82) is 0 Å². The number of fused-ring (bicyclic) bond motifs is 1. The summed E-state index contributed by atoms with van der Waals surface area (Å²) >= 11 is 0. The Morgan fingerprint density at radius 1 is 1.03 bits per heavy atom. The van der Waals surface area contributed by atoms with E-state index in [4.69, 9.17) is 9.72 Å². The van der Waals surface area contributed by atoms with Crippen molar-refractivity contribution in [2.24, 2.45) is 5.92 Å². The number of rotatable bonds is 5. The van der Waals surface area contributed by atoms with Gasteiger partial charge in [-0.3, -0.25) is 0 Å². The minimum absolute atomic E-state index is 0.0399. The van der Waals surface area contributed by atoms with Crippen LogP contribution in [0.4, 0.5) is 5.69 Å². The highest BCUT2D eigenvalue weighted by atomic mass is 16.5. The van der Waals surface area contributed by atoms with Crippen LogP contribution in [-0.4, -0.2) is 34.8 Å². The third kappa shape index (κ3) is 3.40. The van der Waals surface area contributed by atoms with E-state index in [0.29, 0.717) is 11.7 Å². The smallest absolute Gasteiger partial charge is 0.157 e. The molecule has 0 radical (unpaired) electrons. The van der Waals surface area contributed by atoms with Crippen LogP contribution in [0.2, 0.25) is 0 Å². The molecule has 2 aromatic carbocycles. The lowest BCUT2D eigenvalue weighted by Crippen LogP contribution is -2.47. The first kappa shape index (κ1) is 19.9. The lowest BCUT2D eigenvalue weighted by molar-refractivity contribution is -0.0379. The van der Waals surface area contributed by atoms with E-state index in [0.717, 1.165) is 51.3 Å². The van der Waals surface area contributed by atoms with Crippen LogP contribution in [0.5, 0.6) is 0 Å². The molecule has 1 aliphatic carbocycles. The Hall–Kier alpha value is -2.76. The molecular weight excluding hydrogens is 398 g/mol. The van der Waals surface area contributed by atoms with E-state index in [9.17, 15) is 5.11 Å². The molecule has 2 aliphatic heterocycles. The van der Waals surface area contributed by atoms with E-state index in [1.807, 2.05) is 6.20 Å². The quantitative estimate of drug-likeness (QED) is 0.664. The second kappa shape index (κ2) is 7.68. The van der Waals surface area contributed by atoms with Crippen LogP contribution in [-0.2, 0) is 23.1 Å². The number of aliphatic hydroxyl groups excluding tert-OH is 1. The Labute approximate surface area is 189 Å². The average molecular weight is 428 g/mol. The van der Waals surface area contributed by atoms with Gasteiger partial charge in [-0.05, 0) is 60.9 Å². The topological polar surface area (TPSA) is 58.5 Å². The van der Waals surface area contributed by atoms with Gasteiger partial charge in [-0.2, -0.15) is 0 Å². The summed E-state index contributed by atoms with van der Waals surface area (Å²) in [6, 6.07) is 17.8. The van der Waals surface area contributed by atoms with E-state index < -0.39 is 6.10 Å². The molecular formula is C27H29N3O2. The number of hydrogen-bond acceptors (Lipinski definition) is 5. The van der Waals surface area contributed by atoms with Crippen LogP contribution >= 0.6 is 0 Å². The molecule has 1 aromatic heterocycles. The number of nitrogens with zero attached hydrogens (tertiary/aromatic N) is 3. The van der Waals surface area contributed by atoms with Gasteiger partial charge in [0.25, 0.3) is 0 Å². The van der Waals surface area contributed by atoms with Crippen LogP contribution in [0.15, 0.2) is 54.7 Å². The average Bonchev–Trinajstić information content (AvgIpc) is 3.64. The first-order valence-corrected chi connectivity index (χ1v) is 11.7. The van der Waals surface area contributed by atoms with E-state index in [2.05, 4.69) is 65.3 Å². The first-order chi connectivity index (χ1) is 15.6. The van der Waals surface area contributed by atoms with Crippen molar-refractivity contribution >= 4 is 5.69 Å². The molecule has 1 saturated heterocycles.